The van der Waals surface area contributed by atoms with E-state index < -0.39 is 0 Å². The molecule has 6 heteroatoms. The molecule has 0 bridgehead atoms. The summed E-state index contributed by atoms with van der Waals surface area (Å²) in [5.74, 6) is 0.976. The van der Waals surface area contributed by atoms with Gasteiger partial charge in [-0.05, 0) is 42.8 Å². The van der Waals surface area contributed by atoms with Gasteiger partial charge in [0, 0.05) is 18.1 Å². The minimum atomic E-state index is -0.256. The molecule has 1 heterocycles. The summed E-state index contributed by atoms with van der Waals surface area (Å²) in [6.07, 6.45) is 0. The maximum Gasteiger partial charge on any atom is 0.229 e. The highest BCUT2D eigenvalue weighted by molar-refractivity contribution is 5.90. The van der Waals surface area contributed by atoms with Crippen LogP contribution in [0.4, 0.5) is 21.8 Å². The molecule has 0 spiro atoms. The summed E-state index contributed by atoms with van der Waals surface area (Å²) in [6, 6.07) is 12.3. The van der Waals surface area contributed by atoms with Gasteiger partial charge in [-0.15, -0.1) is 12.4 Å². The molecular weight excluding hydrogens is 303 g/mol. The van der Waals surface area contributed by atoms with Crippen LogP contribution in [0.15, 0.2) is 42.5 Å². The van der Waals surface area contributed by atoms with Crippen molar-refractivity contribution in [2.24, 2.45) is 0 Å². The Morgan fingerprint density at radius 1 is 1.05 bits per heavy atom. The number of aromatic nitrogens is 2. The molecule has 0 radical (unpaired) electrons. The zero-order valence-electron chi connectivity index (χ0n) is 12.2. The third kappa shape index (κ3) is 3.09. The number of hydrogen-bond acceptors (Lipinski definition) is 4. The molecular formula is C16H16ClFN4. The lowest BCUT2D eigenvalue weighted by Gasteiger charge is -2.11. The number of anilines is 3. The Labute approximate surface area is 134 Å². The third-order valence-corrected chi connectivity index (χ3v) is 3.27. The van der Waals surface area contributed by atoms with Gasteiger partial charge in [-0.3, -0.25) is 0 Å². The first-order valence-corrected chi connectivity index (χ1v) is 6.65. The Kier molecular flexibility index (Phi) is 4.78. The number of aryl methyl sites for hydroxylation is 1. The maximum atomic E-state index is 13.1. The van der Waals surface area contributed by atoms with E-state index in [4.69, 9.17) is 0 Å². The van der Waals surface area contributed by atoms with Gasteiger partial charge in [0.15, 0.2) is 0 Å². The molecule has 3 aromatic rings. The number of nitrogens with one attached hydrogen (secondary N) is 2. The van der Waals surface area contributed by atoms with E-state index in [2.05, 4.69) is 20.6 Å². The first-order valence-electron chi connectivity index (χ1n) is 6.65. The van der Waals surface area contributed by atoms with E-state index in [1.165, 1.54) is 12.1 Å². The molecule has 0 saturated heterocycles. The van der Waals surface area contributed by atoms with Gasteiger partial charge in [0.2, 0.25) is 5.95 Å². The Bertz CT molecular complexity index is 807. The predicted molar refractivity (Wildman–Crippen MR) is 90.8 cm³/mol. The van der Waals surface area contributed by atoms with Crippen molar-refractivity contribution in [1.29, 1.82) is 0 Å². The SMILES string of the molecule is CNc1nc(Nc2ccc(F)cc2C)nc2ccccc12.Cl. The largest absolute Gasteiger partial charge is 0.372 e. The van der Waals surface area contributed by atoms with Crippen molar-refractivity contribution in [3.8, 4) is 0 Å². The minimum Gasteiger partial charge on any atom is -0.372 e. The molecule has 0 aliphatic heterocycles. The van der Waals surface area contributed by atoms with Crippen LogP contribution >= 0.6 is 12.4 Å². The summed E-state index contributed by atoms with van der Waals surface area (Å²) < 4.78 is 13.1. The molecule has 0 fully saturated rings. The summed E-state index contributed by atoms with van der Waals surface area (Å²) in [4.78, 5) is 8.94. The predicted octanol–water partition coefficient (Wildman–Crippen LogP) is 4.28. The Morgan fingerprint density at radius 3 is 2.55 bits per heavy atom. The average Bonchev–Trinajstić information content (AvgIpc) is 2.49. The standard InChI is InChI=1S/C16H15FN4.ClH/c1-10-9-11(17)7-8-13(10)19-16-20-14-6-4-3-5-12(14)15(18-2)21-16;/h3-9H,1-2H3,(H2,18,19,20,21);1H. The molecule has 114 valence electrons. The van der Waals surface area contributed by atoms with Gasteiger partial charge in [-0.1, -0.05) is 12.1 Å². The van der Waals surface area contributed by atoms with Crippen molar-refractivity contribution in [1.82, 2.24) is 9.97 Å². The summed E-state index contributed by atoms with van der Waals surface area (Å²) in [5, 5.41) is 7.17. The number of hydrogen-bond donors (Lipinski definition) is 2. The van der Waals surface area contributed by atoms with Crippen molar-refractivity contribution < 1.29 is 4.39 Å². The topological polar surface area (TPSA) is 49.8 Å². The van der Waals surface area contributed by atoms with Crippen LogP contribution in [-0.2, 0) is 0 Å². The molecule has 1 aromatic heterocycles. The second-order valence-corrected chi connectivity index (χ2v) is 4.75. The van der Waals surface area contributed by atoms with Crippen molar-refractivity contribution >= 4 is 40.8 Å². The van der Waals surface area contributed by atoms with Crippen molar-refractivity contribution in [3.05, 3.63) is 53.8 Å². The van der Waals surface area contributed by atoms with Gasteiger partial charge < -0.3 is 10.6 Å². The fourth-order valence-electron chi connectivity index (χ4n) is 2.21. The van der Waals surface area contributed by atoms with Crippen molar-refractivity contribution in [2.75, 3.05) is 17.7 Å². The van der Waals surface area contributed by atoms with Crippen molar-refractivity contribution in [3.63, 3.8) is 0 Å². The minimum absolute atomic E-state index is 0. The Balaban J connectivity index is 0.00000176. The number of benzene rings is 2. The van der Waals surface area contributed by atoms with Crippen LogP contribution in [0.2, 0.25) is 0 Å². The van der Waals surface area contributed by atoms with Gasteiger partial charge in [0.05, 0.1) is 5.52 Å². The molecule has 0 amide bonds. The first-order chi connectivity index (χ1) is 10.2. The van der Waals surface area contributed by atoms with Crippen LogP contribution in [0.25, 0.3) is 10.9 Å². The normalized spacial score (nSPS) is 10.1. The van der Waals surface area contributed by atoms with Gasteiger partial charge >= 0.3 is 0 Å². The van der Waals surface area contributed by atoms with Crippen LogP contribution in [0.1, 0.15) is 5.56 Å². The van der Waals surface area contributed by atoms with Gasteiger partial charge in [0.1, 0.15) is 11.6 Å². The smallest absolute Gasteiger partial charge is 0.229 e. The molecule has 3 rings (SSSR count). The number of rotatable bonds is 3. The van der Waals surface area contributed by atoms with E-state index in [1.54, 1.807) is 6.07 Å². The van der Waals surface area contributed by atoms with Crippen LogP contribution in [0.3, 0.4) is 0 Å². The van der Waals surface area contributed by atoms with Crippen LogP contribution < -0.4 is 10.6 Å². The lowest BCUT2D eigenvalue weighted by atomic mass is 10.2. The van der Waals surface area contributed by atoms with E-state index in [0.717, 1.165) is 28.0 Å². The average molecular weight is 319 g/mol. The fourth-order valence-corrected chi connectivity index (χ4v) is 2.21. The summed E-state index contributed by atoms with van der Waals surface area (Å²) in [7, 11) is 1.82. The highest BCUT2D eigenvalue weighted by atomic mass is 35.5. The Morgan fingerprint density at radius 2 is 1.82 bits per heavy atom. The molecule has 0 aliphatic carbocycles. The van der Waals surface area contributed by atoms with E-state index in [9.17, 15) is 4.39 Å². The van der Waals surface area contributed by atoms with E-state index in [-0.39, 0.29) is 18.2 Å². The van der Waals surface area contributed by atoms with Crippen LogP contribution in [0, 0.1) is 12.7 Å². The molecule has 0 aliphatic rings. The third-order valence-electron chi connectivity index (χ3n) is 3.27. The molecule has 2 aromatic carbocycles. The first kappa shape index (κ1) is 16.0. The van der Waals surface area contributed by atoms with Crippen LogP contribution in [-0.4, -0.2) is 17.0 Å². The van der Waals surface area contributed by atoms with E-state index >= 15 is 0 Å². The second-order valence-electron chi connectivity index (χ2n) is 4.75. The summed E-state index contributed by atoms with van der Waals surface area (Å²) >= 11 is 0. The van der Waals surface area contributed by atoms with Crippen molar-refractivity contribution in [2.45, 2.75) is 6.92 Å². The fraction of sp³-hybridized carbons (Fsp3) is 0.125. The number of nitrogens with zero attached hydrogens (tertiary/aromatic N) is 2. The molecule has 4 nitrogen and oxygen atoms in total. The molecule has 0 saturated carbocycles. The molecule has 2 N–H and O–H groups in total. The second kappa shape index (κ2) is 6.58. The molecule has 22 heavy (non-hydrogen) atoms. The van der Waals surface area contributed by atoms with Gasteiger partial charge in [0.25, 0.3) is 0 Å². The zero-order valence-corrected chi connectivity index (χ0v) is 13.0. The molecule has 0 unspecified atom stereocenters. The van der Waals surface area contributed by atoms with Crippen LogP contribution in [0.5, 0.6) is 0 Å². The lowest BCUT2D eigenvalue weighted by Crippen LogP contribution is -2.03. The van der Waals surface area contributed by atoms with Gasteiger partial charge in [-0.25, -0.2) is 9.37 Å². The van der Waals surface area contributed by atoms with Gasteiger partial charge in [-0.2, -0.15) is 4.98 Å². The Hall–Kier alpha value is -2.40. The zero-order chi connectivity index (χ0) is 14.8. The number of halogens is 2. The maximum absolute atomic E-state index is 13.1. The lowest BCUT2D eigenvalue weighted by molar-refractivity contribution is 0.627. The highest BCUT2D eigenvalue weighted by Gasteiger charge is 2.07. The monoisotopic (exact) mass is 318 g/mol. The number of para-hydroxylation sites is 1. The van der Waals surface area contributed by atoms with E-state index in [1.807, 2.05) is 38.2 Å². The quantitative estimate of drug-likeness (QED) is 0.756. The highest BCUT2D eigenvalue weighted by Crippen LogP contribution is 2.24. The molecule has 0 atom stereocenters. The summed E-state index contributed by atoms with van der Waals surface area (Å²) in [5.41, 5.74) is 2.44. The summed E-state index contributed by atoms with van der Waals surface area (Å²) in [6.45, 7) is 1.84. The number of fused-ring (bicyclic) bond motifs is 1. The van der Waals surface area contributed by atoms with E-state index in [0.29, 0.717) is 5.95 Å².